The maximum Gasteiger partial charge on any atom is 0.231 e. The Morgan fingerprint density at radius 2 is 2.11 bits per heavy atom. The van der Waals surface area contributed by atoms with Gasteiger partial charge in [-0.2, -0.15) is 0 Å². The van der Waals surface area contributed by atoms with E-state index in [1.54, 1.807) is 41.0 Å². The van der Waals surface area contributed by atoms with Crippen molar-refractivity contribution < 1.29 is 22.0 Å². The number of benzene rings is 1. The lowest BCUT2D eigenvalue weighted by molar-refractivity contribution is 0.301. The van der Waals surface area contributed by atoms with Crippen molar-refractivity contribution in [3.05, 3.63) is 48.4 Å². The van der Waals surface area contributed by atoms with Gasteiger partial charge in [-0.15, -0.1) is 5.10 Å². The number of nitrogens with zero attached hydrogens (tertiary/aromatic N) is 3. The summed E-state index contributed by atoms with van der Waals surface area (Å²) in [6, 6.07) is 9.83. The van der Waals surface area contributed by atoms with Crippen molar-refractivity contribution in [2.24, 2.45) is 0 Å². The van der Waals surface area contributed by atoms with Gasteiger partial charge in [0, 0.05) is 17.7 Å². The zero-order chi connectivity index (χ0) is 19.0. The molecule has 0 radical (unpaired) electrons. The minimum absolute atomic E-state index is 0.0517. The molecule has 9 heteroatoms. The molecule has 0 saturated heterocycles. The molecule has 27 heavy (non-hydrogen) atoms. The van der Waals surface area contributed by atoms with E-state index in [0.29, 0.717) is 34.8 Å². The third-order valence-corrected chi connectivity index (χ3v) is 5.03. The summed E-state index contributed by atoms with van der Waals surface area (Å²) in [5, 5.41) is 5.01. The Morgan fingerprint density at radius 1 is 1.26 bits per heavy atom. The van der Waals surface area contributed by atoms with Crippen LogP contribution in [0.15, 0.2) is 47.0 Å². The van der Waals surface area contributed by atoms with Crippen LogP contribution in [0.5, 0.6) is 5.88 Å². The number of ether oxygens (including phenoxy) is 1. The van der Waals surface area contributed by atoms with Gasteiger partial charge in [-0.05, 0) is 24.6 Å². The van der Waals surface area contributed by atoms with Gasteiger partial charge in [-0.3, -0.25) is 0 Å². The van der Waals surface area contributed by atoms with E-state index in [-0.39, 0.29) is 17.9 Å². The Balaban J connectivity index is 1.62. The van der Waals surface area contributed by atoms with Crippen molar-refractivity contribution in [1.82, 2.24) is 14.6 Å². The molecule has 4 rings (SSSR count). The second-order valence-corrected chi connectivity index (χ2v) is 8.45. The number of aromatic nitrogens is 3. The van der Waals surface area contributed by atoms with Crippen LogP contribution in [0.3, 0.4) is 0 Å². The van der Waals surface area contributed by atoms with Crippen LogP contribution in [-0.2, 0) is 9.84 Å². The van der Waals surface area contributed by atoms with Gasteiger partial charge in [0.05, 0.1) is 18.6 Å². The van der Waals surface area contributed by atoms with Crippen LogP contribution in [0.2, 0.25) is 0 Å². The molecular weight excluding hydrogens is 373 g/mol. The predicted octanol–water partition coefficient (Wildman–Crippen LogP) is 3.10. The van der Waals surface area contributed by atoms with Crippen molar-refractivity contribution >= 4 is 26.5 Å². The SMILES string of the molecule is CS(=O)(=O)CCCOc1ccc2ncc(-c3cc4cccc(F)c4o3)n2n1. The molecule has 0 fully saturated rings. The average molecular weight is 389 g/mol. The third kappa shape index (κ3) is 3.63. The summed E-state index contributed by atoms with van der Waals surface area (Å²) in [6.45, 7) is 0.228. The van der Waals surface area contributed by atoms with E-state index in [2.05, 4.69) is 10.1 Å². The molecule has 3 heterocycles. The molecule has 0 amide bonds. The first-order valence-corrected chi connectivity index (χ1v) is 10.3. The molecule has 7 nitrogen and oxygen atoms in total. The molecule has 0 spiro atoms. The van der Waals surface area contributed by atoms with Gasteiger partial charge in [0.2, 0.25) is 5.88 Å². The van der Waals surface area contributed by atoms with Crippen LogP contribution in [-0.4, -0.2) is 41.6 Å². The summed E-state index contributed by atoms with van der Waals surface area (Å²) in [4.78, 5) is 4.27. The Hall–Kier alpha value is -2.94. The number of hydrogen-bond acceptors (Lipinski definition) is 6. The van der Waals surface area contributed by atoms with Crippen molar-refractivity contribution in [1.29, 1.82) is 0 Å². The topological polar surface area (TPSA) is 86.7 Å². The van der Waals surface area contributed by atoms with Gasteiger partial charge in [-0.25, -0.2) is 22.3 Å². The smallest absolute Gasteiger partial charge is 0.231 e. The van der Waals surface area contributed by atoms with E-state index < -0.39 is 15.7 Å². The van der Waals surface area contributed by atoms with E-state index >= 15 is 0 Å². The summed E-state index contributed by atoms with van der Waals surface area (Å²) in [5.74, 6) is 0.383. The number of sulfone groups is 1. The van der Waals surface area contributed by atoms with Gasteiger partial charge in [-0.1, -0.05) is 12.1 Å². The van der Waals surface area contributed by atoms with Gasteiger partial charge < -0.3 is 9.15 Å². The summed E-state index contributed by atoms with van der Waals surface area (Å²) < 4.78 is 48.9. The van der Waals surface area contributed by atoms with Gasteiger partial charge in [0.1, 0.15) is 15.5 Å². The van der Waals surface area contributed by atoms with E-state index in [0.717, 1.165) is 0 Å². The summed E-state index contributed by atoms with van der Waals surface area (Å²) in [7, 11) is -3.02. The third-order valence-electron chi connectivity index (χ3n) is 4.00. The molecule has 3 aromatic heterocycles. The number of halogens is 1. The Morgan fingerprint density at radius 3 is 2.89 bits per heavy atom. The highest BCUT2D eigenvalue weighted by Crippen LogP contribution is 2.29. The van der Waals surface area contributed by atoms with E-state index in [1.165, 1.54) is 12.3 Å². The number of rotatable bonds is 6. The predicted molar refractivity (Wildman–Crippen MR) is 98.0 cm³/mol. The van der Waals surface area contributed by atoms with Gasteiger partial charge >= 0.3 is 0 Å². The lowest BCUT2D eigenvalue weighted by Crippen LogP contribution is -2.09. The van der Waals surface area contributed by atoms with Crippen molar-refractivity contribution in [3.8, 4) is 17.3 Å². The zero-order valence-corrected chi connectivity index (χ0v) is 15.2. The molecule has 0 aliphatic rings. The van der Waals surface area contributed by atoms with Crippen LogP contribution in [0.4, 0.5) is 4.39 Å². The highest BCUT2D eigenvalue weighted by molar-refractivity contribution is 7.90. The minimum atomic E-state index is -3.02. The molecule has 0 saturated carbocycles. The number of imidazole rings is 1. The average Bonchev–Trinajstić information content (AvgIpc) is 3.22. The monoisotopic (exact) mass is 389 g/mol. The Bertz CT molecular complexity index is 1230. The maximum atomic E-state index is 13.9. The highest BCUT2D eigenvalue weighted by atomic mass is 32.2. The first-order chi connectivity index (χ1) is 12.9. The number of furan rings is 1. The first-order valence-electron chi connectivity index (χ1n) is 8.24. The van der Waals surface area contributed by atoms with Crippen LogP contribution in [0.25, 0.3) is 28.1 Å². The molecule has 0 atom stereocenters. The Kier molecular flexibility index (Phi) is 4.31. The lowest BCUT2D eigenvalue weighted by Gasteiger charge is -2.05. The molecule has 1 aromatic carbocycles. The fourth-order valence-electron chi connectivity index (χ4n) is 2.75. The largest absolute Gasteiger partial charge is 0.477 e. The summed E-state index contributed by atoms with van der Waals surface area (Å²) in [6.07, 6.45) is 3.15. The van der Waals surface area contributed by atoms with Crippen molar-refractivity contribution in [2.75, 3.05) is 18.6 Å². The highest BCUT2D eigenvalue weighted by Gasteiger charge is 2.15. The van der Waals surface area contributed by atoms with Crippen LogP contribution >= 0.6 is 0 Å². The fraction of sp³-hybridized carbons (Fsp3) is 0.222. The van der Waals surface area contributed by atoms with Crippen molar-refractivity contribution in [3.63, 3.8) is 0 Å². The first kappa shape index (κ1) is 17.5. The summed E-state index contributed by atoms with van der Waals surface area (Å²) in [5.41, 5.74) is 1.31. The molecular formula is C18H16FN3O4S. The van der Waals surface area contributed by atoms with Crippen LogP contribution < -0.4 is 4.74 Å². The molecule has 0 N–H and O–H groups in total. The molecule has 0 bridgehead atoms. The molecule has 4 aromatic rings. The van der Waals surface area contributed by atoms with Gasteiger partial charge in [0.25, 0.3) is 0 Å². The molecule has 0 aliphatic carbocycles. The lowest BCUT2D eigenvalue weighted by atomic mass is 10.2. The summed E-state index contributed by atoms with van der Waals surface area (Å²) >= 11 is 0. The second kappa shape index (κ2) is 6.66. The van der Waals surface area contributed by atoms with E-state index in [9.17, 15) is 12.8 Å². The van der Waals surface area contributed by atoms with E-state index in [4.69, 9.17) is 9.15 Å². The molecule has 0 unspecified atom stereocenters. The van der Waals surface area contributed by atoms with Crippen molar-refractivity contribution in [2.45, 2.75) is 6.42 Å². The standard InChI is InChI=1S/C18H16FN3O4S/c1-27(23,24)9-3-8-25-17-7-6-16-20-11-14(22(16)21-17)15-10-12-4-2-5-13(19)18(12)26-15/h2,4-7,10-11H,3,8-9H2,1H3. The minimum Gasteiger partial charge on any atom is -0.477 e. The normalized spacial score (nSPS) is 12.1. The van der Waals surface area contributed by atoms with E-state index in [1.807, 2.05) is 0 Å². The fourth-order valence-corrected chi connectivity index (χ4v) is 3.40. The second-order valence-electron chi connectivity index (χ2n) is 6.19. The maximum absolute atomic E-state index is 13.9. The van der Waals surface area contributed by atoms with Gasteiger partial charge in [0.15, 0.2) is 22.8 Å². The van der Waals surface area contributed by atoms with Crippen LogP contribution in [0, 0.1) is 5.82 Å². The quantitative estimate of drug-likeness (QED) is 0.471. The number of para-hydroxylation sites is 1. The Labute approximate surface area is 154 Å². The van der Waals surface area contributed by atoms with Crippen LogP contribution in [0.1, 0.15) is 6.42 Å². The number of fused-ring (bicyclic) bond motifs is 2. The molecule has 140 valence electrons. The molecule has 0 aliphatic heterocycles. The zero-order valence-electron chi connectivity index (χ0n) is 14.4. The number of hydrogen-bond donors (Lipinski definition) is 0.